The summed E-state index contributed by atoms with van der Waals surface area (Å²) in [7, 11) is 1.45. The molecule has 6 nitrogen and oxygen atoms in total. The molecule has 29 heavy (non-hydrogen) atoms. The van der Waals surface area contributed by atoms with Crippen molar-refractivity contribution >= 4 is 29.2 Å². The molecule has 0 aliphatic rings. The van der Waals surface area contributed by atoms with E-state index in [1.54, 1.807) is 0 Å². The first kappa shape index (κ1) is 22.6. The van der Waals surface area contributed by atoms with Crippen LogP contribution in [-0.2, 0) is 16.0 Å². The Hall–Kier alpha value is -2.73. The number of benzene rings is 2. The van der Waals surface area contributed by atoms with Crippen LogP contribution in [-0.4, -0.2) is 31.7 Å². The fourth-order valence-electron chi connectivity index (χ4n) is 2.78. The molecule has 2 aromatic carbocycles. The molecule has 0 unspecified atom stereocenters. The molecule has 0 aliphatic heterocycles. The minimum atomic E-state index is -0.683. The quantitative estimate of drug-likeness (QED) is 0.622. The van der Waals surface area contributed by atoms with E-state index in [1.165, 1.54) is 19.2 Å². The van der Waals surface area contributed by atoms with Gasteiger partial charge in [-0.3, -0.25) is 4.79 Å². The summed E-state index contributed by atoms with van der Waals surface area (Å²) in [4.78, 5) is 24.7. The lowest BCUT2D eigenvalue weighted by molar-refractivity contribution is -0.119. The first-order chi connectivity index (χ1) is 13.8. The van der Waals surface area contributed by atoms with Gasteiger partial charge in [0.2, 0.25) is 0 Å². The highest BCUT2D eigenvalue weighted by atomic mass is 35.5. The van der Waals surface area contributed by atoms with Gasteiger partial charge in [-0.2, -0.15) is 0 Å². The number of anilines is 1. The van der Waals surface area contributed by atoms with E-state index >= 15 is 0 Å². The molecule has 0 radical (unpaired) electrons. The molecular weight excluding hydrogens is 394 g/mol. The van der Waals surface area contributed by atoms with Gasteiger partial charge < -0.3 is 19.5 Å². The van der Waals surface area contributed by atoms with Crippen molar-refractivity contribution in [1.82, 2.24) is 0 Å². The van der Waals surface area contributed by atoms with Gasteiger partial charge in [-0.15, -0.1) is 0 Å². The molecule has 0 aliphatic carbocycles. The third-order valence-corrected chi connectivity index (χ3v) is 4.44. The highest BCUT2D eigenvalue weighted by molar-refractivity contribution is 6.32. The van der Waals surface area contributed by atoms with E-state index in [0.717, 1.165) is 23.2 Å². The van der Waals surface area contributed by atoms with Crippen LogP contribution in [0, 0.1) is 6.92 Å². The van der Waals surface area contributed by atoms with Gasteiger partial charge in [0, 0.05) is 5.69 Å². The van der Waals surface area contributed by atoms with E-state index in [1.807, 2.05) is 45.9 Å². The maximum Gasteiger partial charge on any atom is 0.338 e. The number of nitrogens with one attached hydrogen (secondary N) is 1. The lowest BCUT2D eigenvalue weighted by atomic mass is 10.1. The molecule has 7 heteroatoms. The Balaban J connectivity index is 2.07. The van der Waals surface area contributed by atoms with Crippen molar-refractivity contribution in [2.75, 3.05) is 19.0 Å². The lowest BCUT2D eigenvalue weighted by Gasteiger charge is -2.16. The molecule has 0 saturated heterocycles. The average Bonchev–Trinajstić information content (AvgIpc) is 2.68. The molecule has 0 saturated carbocycles. The van der Waals surface area contributed by atoms with Crippen molar-refractivity contribution in [1.29, 1.82) is 0 Å². The van der Waals surface area contributed by atoms with Gasteiger partial charge in [0.15, 0.2) is 18.1 Å². The third-order valence-electron chi connectivity index (χ3n) is 4.16. The van der Waals surface area contributed by atoms with Gasteiger partial charge in [-0.05, 0) is 50.5 Å². The average molecular weight is 420 g/mol. The Kier molecular flexibility index (Phi) is 7.91. The normalized spacial score (nSPS) is 10.6. The van der Waals surface area contributed by atoms with Crippen molar-refractivity contribution in [3.8, 4) is 11.5 Å². The number of carbonyl (C=O) groups is 2. The topological polar surface area (TPSA) is 73.9 Å². The molecule has 1 amide bonds. The second kappa shape index (κ2) is 10.2. The van der Waals surface area contributed by atoms with Gasteiger partial charge >= 0.3 is 5.97 Å². The molecule has 2 rings (SSSR count). The molecule has 0 atom stereocenters. The second-order valence-corrected chi connectivity index (χ2v) is 7.15. The smallest absolute Gasteiger partial charge is 0.338 e. The van der Waals surface area contributed by atoms with E-state index in [2.05, 4.69) is 5.32 Å². The fourth-order valence-corrected chi connectivity index (χ4v) is 3.03. The minimum absolute atomic E-state index is 0.114. The molecule has 0 bridgehead atoms. The van der Waals surface area contributed by atoms with Gasteiger partial charge in [-0.1, -0.05) is 36.7 Å². The molecule has 156 valence electrons. The Morgan fingerprint density at radius 3 is 2.55 bits per heavy atom. The summed E-state index contributed by atoms with van der Waals surface area (Å²) in [5, 5.41) is 3.04. The number of amides is 1. The summed E-state index contributed by atoms with van der Waals surface area (Å²) in [5.74, 6) is -0.433. The fraction of sp³-hybridized carbons (Fsp3) is 0.364. The molecule has 0 aromatic heterocycles. The van der Waals surface area contributed by atoms with Crippen molar-refractivity contribution in [2.24, 2.45) is 0 Å². The van der Waals surface area contributed by atoms with Crippen LogP contribution in [0.15, 0.2) is 30.3 Å². The molecule has 2 aromatic rings. The Morgan fingerprint density at radius 2 is 1.93 bits per heavy atom. The van der Waals surface area contributed by atoms with Crippen LogP contribution >= 0.6 is 11.6 Å². The van der Waals surface area contributed by atoms with E-state index in [-0.39, 0.29) is 16.7 Å². The Labute approximate surface area is 176 Å². The van der Waals surface area contributed by atoms with Crippen LogP contribution in [0.5, 0.6) is 11.5 Å². The summed E-state index contributed by atoms with van der Waals surface area (Å²) in [6.07, 6.45) is 0.664. The zero-order valence-corrected chi connectivity index (χ0v) is 18.1. The maximum absolute atomic E-state index is 12.4. The summed E-state index contributed by atoms with van der Waals surface area (Å²) in [6.45, 7) is 7.22. The second-order valence-electron chi connectivity index (χ2n) is 6.74. The number of methoxy groups -OCH3 is 1. The zero-order valence-electron chi connectivity index (χ0n) is 17.3. The highest BCUT2D eigenvalue weighted by Crippen LogP contribution is 2.37. The largest absolute Gasteiger partial charge is 0.493 e. The van der Waals surface area contributed by atoms with E-state index < -0.39 is 18.5 Å². The van der Waals surface area contributed by atoms with E-state index in [0.29, 0.717) is 11.5 Å². The molecule has 0 fully saturated rings. The molecule has 1 N–H and O–H groups in total. The maximum atomic E-state index is 12.4. The standard InChI is InChI=1S/C22H26ClNO5/c1-6-15-9-7-8-14(4)20(15)24-19(25)12-28-22(26)16-10-17(23)21(29-13(2)3)18(11-16)27-5/h7-11,13H,6,12H2,1-5H3,(H,24,25). The minimum Gasteiger partial charge on any atom is -0.493 e. The van der Waals surface area contributed by atoms with Crippen LogP contribution in [0.25, 0.3) is 0 Å². The predicted molar refractivity (Wildman–Crippen MR) is 113 cm³/mol. The number of ether oxygens (including phenoxy) is 3. The van der Waals surface area contributed by atoms with Crippen molar-refractivity contribution < 1.29 is 23.8 Å². The van der Waals surface area contributed by atoms with Crippen LogP contribution in [0.2, 0.25) is 5.02 Å². The van der Waals surface area contributed by atoms with Gasteiger partial charge in [0.05, 0.1) is 23.8 Å². The number of para-hydroxylation sites is 1. The van der Waals surface area contributed by atoms with Crippen molar-refractivity contribution in [3.05, 3.63) is 52.0 Å². The monoisotopic (exact) mass is 419 g/mol. The van der Waals surface area contributed by atoms with Gasteiger partial charge in [0.1, 0.15) is 0 Å². The Bertz CT molecular complexity index is 895. The van der Waals surface area contributed by atoms with E-state index in [4.69, 9.17) is 25.8 Å². The summed E-state index contributed by atoms with van der Waals surface area (Å²) in [6, 6.07) is 8.70. The first-order valence-corrected chi connectivity index (χ1v) is 9.74. The number of carbonyl (C=O) groups excluding carboxylic acids is 2. The van der Waals surface area contributed by atoms with Crippen molar-refractivity contribution in [3.63, 3.8) is 0 Å². The summed E-state index contributed by atoms with van der Waals surface area (Å²) in [5.41, 5.74) is 2.88. The first-order valence-electron chi connectivity index (χ1n) is 9.36. The lowest BCUT2D eigenvalue weighted by Crippen LogP contribution is -2.22. The summed E-state index contributed by atoms with van der Waals surface area (Å²) >= 11 is 6.23. The summed E-state index contributed by atoms with van der Waals surface area (Å²) < 4.78 is 16.0. The van der Waals surface area contributed by atoms with Crippen LogP contribution in [0.4, 0.5) is 5.69 Å². The molecule has 0 heterocycles. The van der Waals surface area contributed by atoms with E-state index in [9.17, 15) is 9.59 Å². The zero-order chi connectivity index (χ0) is 21.6. The van der Waals surface area contributed by atoms with Crippen LogP contribution < -0.4 is 14.8 Å². The number of esters is 1. The number of aryl methyl sites for hydroxylation is 2. The van der Waals surface area contributed by atoms with Crippen LogP contribution in [0.1, 0.15) is 42.3 Å². The van der Waals surface area contributed by atoms with Gasteiger partial charge in [-0.25, -0.2) is 4.79 Å². The SMILES string of the molecule is CCc1cccc(C)c1NC(=O)COC(=O)c1cc(Cl)c(OC(C)C)c(OC)c1. The predicted octanol–water partition coefficient (Wildman–Crippen LogP) is 4.80. The molecular formula is C22H26ClNO5. The highest BCUT2D eigenvalue weighted by Gasteiger charge is 2.19. The Morgan fingerprint density at radius 1 is 1.21 bits per heavy atom. The number of halogens is 1. The number of hydrogen-bond donors (Lipinski definition) is 1. The van der Waals surface area contributed by atoms with Crippen molar-refractivity contribution in [2.45, 2.75) is 40.2 Å². The van der Waals surface area contributed by atoms with Gasteiger partial charge in [0.25, 0.3) is 5.91 Å². The number of hydrogen-bond acceptors (Lipinski definition) is 5. The molecule has 0 spiro atoms. The number of rotatable bonds is 8. The third kappa shape index (κ3) is 5.87. The van der Waals surface area contributed by atoms with Crippen LogP contribution in [0.3, 0.4) is 0 Å².